The zero-order valence-corrected chi connectivity index (χ0v) is 13.8. The van der Waals surface area contributed by atoms with Gasteiger partial charge in [0.15, 0.2) is 0 Å². The quantitative estimate of drug-likeness (QED) is 0.904. The van der Waals surface area contributed by atoms with Crippen molar-refractivity contribution in [3.63, 3.8) is 0 Å². The summed E-state index contributed by atoms with van der Waals surface area (Å²) in [6.45, 7) is 8.28. The van der Waals surface area contributed by atoms with Crippen molar-refractivity contribution in [3.05, 3.63) is 35.6 Å². The molecule has 1 heterocycles. The van der Waals surface area contributed by atoms with E-state index in [9.17, 15) is 9.18 Å². The summed E-state index contributed by atoms with van der Waals surface area (Å²) >= 11 is 0. The molecule has 1 amide bonds. The number of carbonyl (C=O) groups is 1. The van der Waals surface area contributed by atoms with E-state index in [-0.39, 0.29) is 29.1 Å². The molecule has 0 radical (unpaired) electrons. The predicted molar refractivity (Wildman–Crippen MR) is 86.7 cm³/mol. The van der Waals surface area contributed by atoms with Crippen molar-refractivity contribution in [3.8, 4) is 0 Å². The fraction of sp³-hybridized carbons (Fsp3) is 0.611. The first-order valence-electron chi connectivity index (χ1n) is 8.33. The summed E-state index contributed by atoms with van der Waals surface area (Å²) in [7, 11) is 0. The largest absolute Gasteiger partial charge is 0.379 e. The van der Waals surface area contributed by atoms with Gasteiger partial charge in [0.1, 0.15) is 5.82 Å². The van der Waals surface area contributed by atoms with Gasteiger partial charge in [0.2, 0.25) is 5.91 Å². The summed E-state index contributed by atoms with van der Waals surface area (Å²) < 4.78 is 18.3. The molecule has 2 aliphatic rings. The molecule has 0 bridgehead atoms. The molecule has 4 nitrogen and oxygen atoms in total. The van der Waals surface area contributed by atoms with Gasteiger partial charge in [-0.1, -0.05) is 12.1 Å². The van der Waals surface area contributed by atoms with E-state index in [1.807, 2.05) is 0 Å². The fourth-order valence-electron chi connectivity index (χ4n) is 3.28. The number of rotatable bonds is 5. The third-order valence-electron chi connectivity index (χ3n) is 4.99. The Labute approximate surface area is 137 Å². The Bertz CT molecular complexity index is 553. The predicted octanol–water partition coefficient (Wildman–Crippen LogP) is 2.16. The van der Waals surface area contributed by atoms with Crippen LogP contribution in [0.25, 0.3) is 0 Å². The molecule has 1 saturated carbocycles. The maximum atomic E-state index is 13.0. The van der Waals surface area contributed by atoms with Crippen molar-refractivity contribution in [1.82, 2.24) is 10.2 Å². The highest BCUT2D eigenvalue weighted by molar-refractivity contribution is 5.82. The number of amides is 1. The second-order valence-electron chi connectivity index (χ2n) is 7.13. The van der Waals surface area contributed by atoms with E-state index in [4.69, 9.17) is 4.74 Å². The second-order valence-corrected chi connectivity index (χ2v) is 7.13. The van der Waals surface area contributed by atoms with Crippen molar-refractivity contribution in [1.29, 1.82) is 0 Å². The van der Waals surface area contributed by atoms with E-state index in [2.05, 4.69) is 24.1 Å². The van der Waals surface area contributed by atoms with Crippen LogP contribution in [-0.2, 0) is 9.53 Å². The van der Waals surface area contributed by atoms with Crippen LogP contribution in [0.3, 0.4) is 0 Å². The average Bonchev–Trinajstić information content (AvgIpc) is 3.35. The topological polar surface area (TPSA) is 41.6 Å². The first-order chi connectivity index (χ1) is 11.0. The molecule has 1 aliphatic heterocycles. The lowest BCUT2D eigenvalue weighted by molar-refractivity contribution is -0.123. The molecule has 0 aromatic heterocycles. The number of halogens is 1. The number of hydrogen-bond donors (Lipinski definition) is 1. The van der Waals surface area contributed by atoms with Gasteiger partial charge < -0.3 is 10.1 Å². The monoisotopic (exact) mass is 320 g/mol. The molecule has 1 N–H and O–H groups in total. The molecule has 126 valence electrons. The molecule has 1 aromatic rings. The van der Waals surface area contributed by atoms with Gasteiger partial charge in [0.05, 0.1) is 13.2 Å². The number of nitrogens with one attached hydrogen (secondary N) is 1. The molecule has 1 aromatic carbocycles. The number of carbonyl (C=O) groups excluding carboxylic acids is 1. The SMILES string of the molecule is CC(C)(CNC(=O)C1CC1c1ccc(F)cc1)N1CCOCC1. The van der Waals surface area contributed by atoms with Gasteiger partial charge in [0.25, 0.3) is 0 Å². The molecular formula is C18H25FN2O2. The number of nitrogens with zero attached hydrogens (tertiary/aromatic N) is 1. The van der Waals surface area contributed by atoms with E-state index in [0.29, 0.717) is 6.54 Å². The highest BCUT2D eigenvalue weighted by Gasteiger charge is 2.44. The maximum absolute atomic E-state index is 13.0. The Morgan fingerprint density at radius 3 is 2.61 bits per heavy atom. The smallest absolute Gasteiger partial charge is 0.223 e. The van der Waals surface area contributed by atoms with E-state index >= 15 is 0 Å². The summed E-state index contributed by atoms with van der Waals surface area (Å²) in [5.41, 5.74) is 0.985. The molecule has 2 unspecified atom stereocenters. The van der Waals surface area contributed by atoms with Crippen LogP contribution < -0.4 is 5.32 Å². The number of hydrogen-bond acceptors (Lipinski definition) is 3. The Hall–Kier alpha value is -1.46. The Balaban J connectivity index is 1.49. The molecule has 5 heteroatoms. The third kappa shape index (κ3) is 3.90. The molecule has 1 aliphatic carbocycles. The van der Waals surface area contributed by atoms with Gasteiger partial charge in [-0.15, -0.1) is 0 Å². The summed E-state index contributed by atoms with van der Waals surface area (Å²) in [5, 5.41) is 3.10. The van der Waals surface area contributed by atoms with Crippen LogP contribution in [0.15, 0.2) is 24.3 Å². The average molecular weight is 320 g/mol. The van der Waals surface area contributed by atoms with Crippen molar-refractivity contribution in [2.75, 3.05) is 32.8 Å². The van der Waals surface area contributed by atoms with E-state index in [1.54, 1.807) is 12.1 Å². The van der Waals surface area contributed by atoms with Crippen LogP contribution in [-0.4, -0.2) is 49.2 Å². The van der Waals surface area contributed by atoms with Crippen molar-refractivity contribution >= 4 is 5.91 Å². The van der Waals surface area contributed by atoms with Crippen LogP contribution in [0.4, 0.5) is 4.39 Å². The molecular weight excluding hydrogens is 295 g/mol. The lowest BCUT2D eigenvalue weighted by atomic mass is 10.0. The van der Waals surface area contributed by atoms with Crippen LogP contribution >= 0.6 is 0 Å². The van der Waals surface area contributed by atoms with Crippen LogP contribution in [0.1, 0.15) is 31.7 Å². The Morgan fingerprint density at radius 1 is 1.30 bits per heavy atom. The molecule has 0 spiro atoms. The van der Waals surface area contributed by atoms with Gasteiger partial charge in [-0.25, -0.2) is 4.39 Å². The number of morpholine rings is 1. The molecule has 2 atom stereocenters. The highest BCUT2D eigenvalue weighted by atomic mass is 19.1. The lowest BCUT2D eigenvalue weighted by Gasteiger charge is -2.40. The van der Waals surface area contributed by atoms with Gasteiger partial charge in [-0.05, 0) is 43.9 Å². The Kier molecular flexibility index (Phi) is 4.69. The summed E-state index contributed by atoms with van der Waals surface area (Å²) in [5.74, 6) is 0.145. The maximum Gasteiger partial charge on any atom is 0.223 e. The number of benzene rings is 1. The minimum atomic E-state index is -0.234. The summed E-state index contributed by atoms with van der Waals surface area (Å²) in [6, 6.07) is 6.49. The minimum Gasteiger partial charge on any atom is -0.379 e. The fourth-order valence-corrected chi connectivity index (χ4v) is 3.28. The molecule has 1 saturated heterocycles. The normalized spacial score (nSPS) is 25.2. The highest BCUT2D eigenvalue weighted by Crippen LogP contribution is 2.47. The van der Waals surface area contributed by atoms with Crippen molar-refractivity contribution in [2.24, 2.45) is 5.92 Å². The van der Waals surface area contributed by atoms with Crippen LogP contribution in [0.2, 0.25) is 0 Å². The third-order valence-corrected chi connectivity index (χ3v) is 4.99. The Morgan fingerprint density at radius 2 is 1.96 bits per heavy atom. The van der Waals surface area contributed by atoms with E-state index in [0.717, 1.165) is 38.3 Å². The van der Waals surface area contributed by atoms with Gasteiger partial charge in [-0.2, -0.15) is 0 Å². The van der Waals surface area contributed by atoms with Gasteiger partial charge in [0, 0.05) is 31.1 Å². The summed E-state index contributed by atoms with van der Waals surface area (Å²) in [4.78, 5) is 14.7. The second kappa shape index (κ2) is 6.57. The van der Waals surface area contributed by atoms with Crippen molar-refractivity contribution < 1.29 is 13.9 Å². The van der Waals surface area contributed by atoms with E-state index < -0.39 is 0 Å². The lowest BCUT2D eigenvalue weighted by Crippen LogP contribution is -2.55. The van der Waals surface area contributed by atoms with Crippen LogP contribution in [0, 0.1) is 11.7 Å². The number of ether oxygens (including phenoxy) is 1. The summed E-state index contributed by atoms with van der Waals surface area (Å²) in [6.07, 6.45) is 0.857. The zero-order chi connectivity index (χ0) is 16.4. The zero-order valence-electron chi connectivity index (χ0n) is 13.8. The molecule has 23 heavy (non-hydrogen) atoms. The molecule has 3 rings (SSSR count). The first kappa shape index (κ1) is 16.4. The minimum absolute atomic E-state index is 0.0287. The van der Waals surface area contributed by atoms with Gasteiger partial charge >= 0.3 is 0 Å². The standard InChI is InChI=1S/C18H25FN2O2/c1-18(2,21-7-9-23-10-8-21)12-20-17(22)16-11-15(16)13-3-5-14(19)6-4-13/h3-6,15-16H,7-12H2,1-2H3,(H,20,22). The van der Waals surface area contributed by atoms with Gasteiger partial charge in [-0.3, -0.25) is 9.69 Å². The van der Waals surface area contributed by atoms with Crippen LogP contribution in [0.5, 0.6) is 0 Å². The van der Waals surface area contributed by atoms with E-state index in [1.165, 1.54) is 12.1 Å². The first-order valence-corrected chi connectivity index (χ1v) is 8.33. The van der Waals surface area contributed by atoms with Crippen molar-refractivity contribution in [2.45, 2.75) is 31.7 Å². The molecule has 2 fully saturated rings.